The van der Waals surface area contributed by atoms with Gasteiger partial charge in [0.1, 0.15) is 4.90 Å². The van der Waals surface area contributed by atoms with Gasteiger partial charge in [-0.15, -0.1) is 0 Å². The number of rotatable bonds is 2. The van der Waals surface area contributed by atoms with E-state index in [1.165, 1.54) is 0 Å². The van der Waals surface area contributed by atoms with E-state index in [0.29, 0.717) is 17.1 Å². The van der Waals surface area contributed by atoms with E-state index in [9.17, 15) is 8.42 Å². The van der Waals surface area contributed by atoms with Crippen LogP contribution in [-0.4, -0.2) is 35.1 Å². The topological polar surface area (TPSA) is 55.2 Å². The quantitative estimate of drug-likeness (QED) is 0.802. The summed E-state index contributed by atoms with van der Waals surface area (Å²) in [4.78, 5) is 0.341. The van der Waals surface area contributed by atoms with Crippen LogP contribution in [0.25, 0.3) is 0 Å². The molecule has 1 aliphatic heterocycles. The first-order chi connectivity index (χ1) is 7.93. The van der Waals surface area contributed by atoms with Gasteiger partial charge < -0.3 is 0 Å². The molecule has 5 nitrogen and oxygen atoms in total. The molecule has 1 aliphatic rings. The monoisotopic (exact) mass is 257 g/mol. The smallest absolute Gasteiger partial charge is 0.246 e. The molecule has 1 aromatic heterocycles. The van der Waals surface area contributed by atoms with E-state index in [2.05, 4.69) is 5.10 Å². The van der Waals surface area contributed by atoms with Gasteiger partial charge in [-0.1, -0.05) is 6.42 Å². The van der Waals surface area contributed by atoms with Crippen LogP contribution in [0.15, 0.2) is 11.1 Å². The zero-order valence-electron chi connectivity index (χ0n) is 10.5. The minimum absolute atomic E-state index is 0.0911. The van der Waals surface area contributed by atoms with Gasteiger partial charge in [0.15, 0.2) is 0 Å². The van der Waals surface area contributed by atoms with Gasteiger partial charge in [-0.2, -0.15) is 9.40 Å². The first kappa shape index (κ1) is 12.6. The van der Waals surface area contributed by atoms with Crippen LogP contribution in [0.4, 0.5) is 0 Å². The molecule has 1 fully saturated rings. The lowest BCUT2D eigenvalue weighted by Crippen LogP contribution is -2.42. The van der Waals surface area contributed by atoms with E-state index < -0.39 is 10.0 Å². The number of hydrogen-bond donors (Lipinski definition) is 0. The highest BCUT2D eigenvalue weighted by atomic mass is 32.2. The van der Waals surface area contributed by atoms with E-state index in [4.69, 9.17) is 0 Å². The number of hydrogen-bond acceptors (Lipinski definition) is 3. The van der Waals surface area contributed by atoms with Gasteiger partial charge in [-0.05, 0) is 26.7 Å². The van der Waals surface area contributed by atoms with Gasteiger partial charge in [-0.3, -0.25) is 4.68 Å². The van der Waals surface area contributed by atoms with Crippen molar-refractivity contribution in [1.82, 2.24) is 14.1 Å². The fourth-order valence-corrected chi connectivity index (χ4v) is 4.29. The summed E-state index contributed by atoms with van der Waals surface area (Å²) in [7, 11) is -1.63. The number of sulfonamides is 1. The Hall–Kier alpha value is -0.880. The highest BCUT2D eigenvalue weighted by molar-refractivity contribution is 7.89. The Bertz CT molecular complexity index is 507. The first-order valence-corrected chi connectivity index (χ1v) is 7.39. The fraction of sp³-hybridized carbons (Fsp3) is 0.727. The van der Waals surface area contributed by atoms with Crippen LogP contribution in [-0.2, 0) is 17.1 Å². The summed E-state index contributed by atoms with van der Waals surface area (Å²) in [6.45, 7) is 4.34. The zero-order valence-corrected chi connectivity index (χ0v) is 11.4. The average Bonchev–Trinajstić information content (AvgIpc) is 2.59. The van der Waals surface area contributed by atoms with Gasteiger partial charge in [-0.25, -0.2) is 8.42 Å². The molecule has 1 saturated heterocycles. The second kappa shape index (κ2) is 4.42. The molecule has 0 aromatic carbocycles. The van der Waals surface area contributed by atoms with Crippen LogP contribution in [0, 0.1) is 6.92 Å². The van der Waals surface area contributed by atoms with Crippen molar-refractivity contribution in [3.05, 3.63) is 11.9 Å². The molecule has 17 heavy (non-hydrogen) atoms. The van der Waals surface area contributed by atoms with E-state index in [1.54, 1.807) is 29.2 Å². The summed E-state index contributed by atoms with van der Waals surface area (Å²) >= 11 is 0. The van der Waals surface area contributed by atoms with Crippen LogP contribution in [0.2, 0.25) is 0 Å². The van der Waals surface area contributed by atoms with E-state index in [-0.39, 0.29) is 6.04 Å². The second-order valence-corrected chi connectivity index (χ2v) is 6.57. The van der Waals surface area contributed by atoms with Crippen molar-refractivity contribution in [3.8, 4) is 0 Å². The molecule has 1 aromatic rings. The van der Waals surface area contributed by atoms with Crippen molar-refractivity contribution < 1.29 is 8.42 Å². The molecule has 0 aliphatic carbocycles. The average molecular weight is 257 g/mol. The summed E-state index contributed by atoms with van der Waals surface area (Å²) in [6, 6.07) is 0.0911. The SMILES string of the molecule is Cc1nn(C)cc1S(=O)(=O)N1CCCC[C@@H]1C. The number of piperidine rings is 1. The van der Waals surface area contributed by atoms with Crippen LogP contribution in [0.5, 0.6) is 0 Å². The lowest BCUT2D eigenvalue weighted by Gasteiger charge is -2.31. The predicted molar refractivity (Wildman–Crippen MR) is 65.1 cm³/mol. The Kier molecular flexibility index (Phi) is 3.27. The molecule has 6 heteroatoms. The minimum Gasteiger partial charge on any atom is -0.274 e. The van der Waals surface area contributed by atoms with Gasteiger partial charge >= 0.3 is 0 Å². The number of nitrogens with zero attached hydrogens (tertiary/aromatic N) is 3. The molecular formula is C11H19N3O2S. The third-order valence-electron chi connectivity index (χ3n) is 3.30. The third kappa shape index (κ3) is 2.24. The molecule has 2 heterocycles. The van der Waals surface area contributed by atoms with Crippen LogP contribution >= 0.6 is 0 Å². The molecule has 96 valence electrons. The maximum atomic E-state index is 12.5. The highest BCUT2D eigenvalue weighted by Gasteiger charge is 2.32. The van der Waals surface area contributed by atoms with E-state index >= 15 is 0 Å². The zero-order chi connectivity index (χ0) is 12.6. The standard InChI is InChI=1S/C11H19N3O2S/c1-9-6-4-5-7-14(9)17(15,16)11-8-13(3)12-10(11)2/h8-9H,4-7H2,1-3H3/t9-/m0/s1. The van der Waals surface area contributed by atoms with Gasteiger partial charge in [0.25, 0.3) is 0 Å². The molecule has 2 rings (SSSR count). The predicted octanol–water partition coefficient (Wildman–Crippen LogP) is 1.29. The Morgan fingerprint density at radius 1 is 1.41 bits per heavy atom. The Morgan fingerprint density at radius 2 is 2.12 bits per heavy atom. The summed E-state index contributed by atoms with van der Waals surface area (Å²) in [5, 5.41) is 4.11. The molecule has 0 N–H and O–H groups in total. The maximum Gasteiger partial charge on any atom is 0.246 e. The van der Waals surface area contributed by atoms with Gasteiger partial charge in [0.2, 0.25) is 10.0 Å². The summed E-state index contributed by atoms with van der Waals surface area (Å²) in [5.41, 5.74) is 0.574. The summed E-state index contributed by atoms with van der Waals surface area (Å²) in [6.07, 6.45) is 4.59. The number of aryl methyl sites for hydroxylation is 2. The molecular weight excluding hydrogens is 238 g/mol. The van der Waals surface area contributed by atoms with E-state index in [0.717, 1.165) is 19.3 Å². The van der Waals surface area contributed by atoms with Gasteiger partial charge in [0.05, 0.1) is 5.69 Å². The molecule has 0 unspecified atom stereocenters. The van der Waals surface area contributed by atoms with Crippen molar-refractivity contribution in [3.63, 3.8) is 0 Å². The second-order valence-electron chi connectivity index (χ2n) is 4.71. The first-order valence-electron chi connectivity index (χ1n) is 5.95. The number of aromatic nitrogens is 2. The van der Waals surface area contributed by atoms with E-state index in [1.807, 2.05) is 6.92 Å². The van der Waals surface area contributed by atoms with Crippen molar-refractivity contribution in [2.45, 2.75) is 44.0 Å². The van der Waals surface area contributed by atoms with Crippen LogP contribution < -0.4 is 0 Å². The largest absolute Gasteiger partial charge is 0.274 e. The Labute approximate surface area is 102 Å². The molecule has 0 saturated carbocycles. The fourth-order valence-electron chi connectivity index (χ4n) is 2.39. The maximum absolute atomic E-state index is 12.5. The molecule has 1 atom stereocenters. The third-order valence-corrected chi connectivity index (χ3v) is 5.41. The van der Waals surface area contributed by atoms with Crippen molar-refractivity contribution in [1.29, 1.82) is 0 Å². The van der Waals surface area contributed by atoms with Crippen LogP contribution in [0.1, 0.15) is 31.9 Å². The Balaban J connectivity index is 2.39. The minimum atomic E-state index is -3.37. The normalized spacial score (nSPS) is 22.9. The molecule has 0 radical (unpaired) electrons. The summed E-state index contributed by atoms with van der Waals surface area (Å²) < 4.78 is 28.2. The van der Waals surface area contributed by atoms with Gasteiger partial charge in [0, 0.05) is 25.8 Å². The summed E-state index contributed by atoms with van der Waals surface area (Å²) in [5.74, 6) is 0. The van der Waals surface area contributed by atoms with Crippen molar-refractivity contribution in [2.75, 3.05) is 6.54 Å². The van der Waals surface area contributed by atoms with Crippen molar-refractivity contribution >= 4 is 10.0 Å². The van der Waals surface area contributed by atoms with Crippen molar-refractivity contribution in [2.24, 2.45) is 7.05 Å². The Morgan fingerprint density at radius 3 is 2.65 bits per heavy atom. The van der Waals surface area contributed by atoms with Crippen LogP contribution in [0.3, 0.4) is 0 Å². The molecule has 0 spiro atoms. The molecule has 0 bridgehead atoms. The molecule has 0 amide bonds. The lowest BCUT2D eigenvalue weighted by molar-refractivity contribution is 0.268. The lowest BCUT2D eigenvalue weighted by atomic mass is 10.1. The highest BCUT2D eigenvalue weighted by Crippen LogP contribution is 2.26.